The first-order chi connectivity index (χ1) is 9.10. The number of hydrogen-bond acceptors (Lipinski definition) is 3. The molecule has 0 amide bonds. The van der Waals surface area contributed by atoms with Crippen molar-refractivity contribution < 1.29 is 4.74 Å². The first-order valence-corrected chi connectivity index (χ1v) is 7.48. The molecule has 0 aliphatic heterocycles. The molecule has 2 aromatic rings. The van der Waals surface area contributed by atoms with E-state index >= 15 is 0 Å². The maximum atomic E-state index is 11.8. The van der Waals surface area contributed by atoms with Crippen molar-refractivity contribution >= 4 is 38.5 Å². The first kappa shape index (κ1) is 14.7. The Morgan fingerprint density at radius 1 is 1.47 bits per heavy atom. The molecule has 0 fully saturated rings. The van der Waals surface area contributed by atoms with E-state index in [2.05, 4.69) is 25.9 Å². The fourth-order valence-electron chi connectivity index (χ4n) is 1.71. The predicted octanol–water partition coefficient (Wildman–Crippen LogP) is 2.87. The highest BCUT2D eigenvalue weighted by atomic mass is 127. The van der Waals surface area contributed by atoms with E-state index in [-0.39, 0.29) is 5.56 Å². The molecule has 2 rings (SSSR count). The molecule has 0 bridgehead atoms. The molecule has 0 unspecified atom stereocenters. The van der Waals surface area contributed by atoms with Crippen molar-refractivity contribution in [3.8, 4) is 0 Å². The van der Waals surface area contributed by atoms with Gasteiger partial charge in [-0.3, -0.25) is 4.79 Å². The van der Waals surface area contributed by atoms with Gasteiger partial charge in [-0.15, -0.1) is 0 Å². The third kappa shape index (κ3) is 3.87. The molecule has 0 atom stereocenters. The predicted molar refractivity (Wildman–Crippen MR) is 85.2 cm³/mol. The van der Waals surface area contributed by atoms with Gasteiger partial charge in [0.1, 0.15) is 9.39 Å². The normalized spacial score (nSPS) is 10.7. The minimum absolute atomic E-state index is 0.118. The Labute approximate surface area is 132 Å². The molecular weight excluding hydrogens is 423 g/mol. The summed E-state index contributed by atoms with van der Waals surface area (Å²) in [6.45, 7) is 0.341. The van der Waals surface area contributed by atoms with Gasteiger partial charge in [-0.05, 0) is 40.3 Å². The zero-order chi connectivity index (χ0) is 13.8. The van der Waals surface area contributed by atoms with E-state index in [0.717, 1.165) is 10.0 Å². The Kier molecular flexibility index (Phi) is 5.12. The van der Waals surface area contributed by atoms with Gasteiger partial charge in [0.2, 0.25) is 0 Å². The fourth-order valence-corrected chi connectivity index (χ4v) is 2.57. The van der Waals surface area contributed by atoms with Crippen LogP contribution in [-0.2, 0) is 17.8 Å². The summed E-state index contributed by atoms with van der Waals surface area (Å²) in [4.78, 5) is 19.1. The van der Waals surface area contributed by atoms with Crippen LogP contribution in [0.25, 0.3) is 0 Å². The van der Waals surface area contributed by atoms with Crippen molar-refractivity contribution in [1.29, 1.82) is 0 Å². The molecule has 0 aliphatic rings. The van der Waals surface area contributed by atoms with Gasteiger partial charge >= 0.3 is 0 Å². The quantitative estimate of drug-likeness (QED) is 0.753. The van der Waals surface area contributed by atoms with E-state index < -0.39 is 0 Å². The van der Waals surface area contributed by atoms with Crippen LogP contribution >= 0.6 is 38.5 Å². The molecule has 1 N–H and O–H groups in total. The van der Waals surface area contributed by atoms with Gasteiger partial charge in [0.05, 0.1) is 12.3 Å². The number of rotatable bonds is 4. The molecule has 0 saturated heterocycles. The van der Waals surface area contributed by atoms with Gasteiger partial charge in [0, 0.05) is 18.0 Å². The van der Waals surface area contributed by atoms with E-state index in [9.17, 15) is 4.79 Å². The van der Waals surface area contributed by atoms with Crippen molar-refractivity contribution in [1.82, 2.24) is 9.97 Å². The monoisotopic (exact) mass is 434 g/mol. The lowest BCUT2D eigenvalue weighted by molar-refractivity contribution is 0.180. The molecule has 1 heterocycles. The van der Waals surface area contributed by atoms with Gasteiger partial charge in [-0.2, -0.15) is 0 Å². The van der Waals surface area contributed by atoms with E-state index in [1.54, 1.807) is 7.11 Å². The molecular formula is C13H12BrIN2O2. The number of ether oxygens (including phenoxy) is 1. The Morgan fingerprint density at radius 3 is 2.95 bits per heavy atom. The zero-order valence-electron chi connectivity index (χ0n) is 10.2. The fraction of sp³-hybridized carbons (Fsp3) is 0.231. The third-order valence-electron chi connectivity index (χ3n) is 2.52. The highest BCUT2D eigenvalue weighted by molar-refractivity contribution is 14.1. The smallest absolute Gasteiger partial charge is 0.264 e. The molecule has 0 spiro atoms. The summed E-state index contributed by atoms with van der Waals surface area (Å²) in [6.07, 6.45) is 0.586. The summed E-state index contributed by atoms with van der Waals surface area (Å²) in [5, 5.41) is 0. The van der Waals surface area contributed by atoms with Gasteiger partial charge in [-0.1, -0.05) is 28.1 Å². The van der Waals surface area contributed by atoms with Crippen LogP contribution in [0.3, 0.4) is 0 Å². The highest BCUT2D eigenvalue weighted by Gasteiger charge is 2.09. The van der Waals surface area contributed by atoms with Crippen LogP contribution in [0.1, 0.15) is 17.1 Å². The van der Waals surface area contributed by atoms with Crippen LogP contribution in [0.2, 0.25) is 0 Å². The zero-order valence-corrected chi connectivity index (χ0v) is 14.0. The SMILES string of the molecule is COCc1nc(Cc2cccc(Br)c2)[nH]c(=O)c1I. The van der Waals surface area contributed by atoms with Crippen molar-refractivity contribution in [3.63, 3.8) is 0 Å². The number of benzene rings is 1. The van der Waals surface area contributed by atoms with Crippen molar-refractivity contribution in [3.05, 3.63) is 59.7 Å². The maximum absolute atomic E-state index is 11.8. The lowest BCUT2D eigenvalue weighted by Crippen LogP contribution is -2.18. The summed E-state index contributed by atoms with van der Waals surface area (Å²) in [5.74, 6) is 0.649. The Morgan fingerprint density at radius 2 is 2.26 bits per heavy atom. The second-order valence-electron chi connectivity index (χ2n) is 4.01. The van der Waals surface area contributed by atoms with E-state index in [0.29, 0.717) is 28.1 Å². The van der Waals surface area contributed by atoms with Crippen molar-refractivity contribution in [2.24, 2.45) is 0 Å². The summed E-state index contributed by atoms with van der Waals surface area (Å²) in [6, 6.07) is 7.93. The molecule has 19 heavy (non-hydrogen) atoms. The number of nitrogens with zero attached hydrogens (tertiary/aromatic N) is 1. The van der Waals surface area contributed by atoms with E-state index in [1.807, 2.05) is 46.9 Å². The van der Waals surface area contributed by atoms with E-state index in [1.165, 1.54) is 0 Å². The topological polar surface area (TPSA) is 55.0 Å². The van der Waals surface area contributed by atoms with Crippen LogP contribution in [0.15, 0.2) is 33.5 Å². The lowest BCUT2D eigenvalue weighted by Gasteiger charge is -2.06. The van der Waals surface area contributed by atoms with Crippen molar-refractivity contribution in [2.75, 3.05) is 7.11 Å². The maximum Gasteiger partial charge on any atom is 0.264 e. The Balaban J connectivity index is 2.33. The van der Waals surface area contributed by atoms with Gasteiger partial charge in [-0.25, -0.2) is 4.98 Å². The Bertz CT molecular complexity index is 643. The summed E-state index contributed by atoms with van der Waals surface area (Å²) in [5.41, 5.74) is 1.64. The number of aromatic nitrogens is 2. The Hall–Kier alpha value is -0.730. The van der Waals surface area contributed by atoms with Crippen LogP contribution < -0.4 is 5.56 Å². The molecule has 100 valence electrons. The number of halogens is 2. The summed E-state index contributed by atoms with van der Waals surface area (Å²) >= 11 is 5.41. The molecule has 0 radical (unpaired) electrons. The molecule has 4 nitrogen and oxygen atoms in total. The summed E-state index contributed by atoms with van der Waals surface area (Å²) < 4.78 is 6.65. The van der Waals surface area contributed by atoms with Gasteiger partial charge < -0.3 is 9.72 Å². The molecule has 0 saturated carbocycles. The van der Waals surface area contributed by atoms with Crippen LogP contribution in [0.4, 0.5) is 0 Å². The number of nitrogens with one attached hydrogen (secondary N) is 1. The van der Waals surface area contributed by atoms with Gasteiger partial charge in [0.15, 0.2) is 0 Å². The first-order valence-electron chi connectivity index (χ1n) is 5.61. The summed E-state index contributed by atoms with van der Waals surface area (Å²) in [7, 11) is 1.59. The third-order valence-corrected chi connectivity index (χ3v) is 4.13. The van der Waals surface area contributed by atoms with Crippen molar-refractivity contribution in [2.45, 2.75) is 13.0 Å². The average Bonchev–Trinajstić information content (AvgIpc) is 2.35. The lowest BCUT2D eigenvalue weighted by atomic mass is 10.1. The molecule has 1 aromatic heterocycles. The minimum Gasteiger partial charge on any atom is -0.378 e. The van der Waals surface area contributed by atoms with Crippen LogP contribution in [-0.4, -0.2) is 17.1 Å². The highest BCUT2D eigenvalue weighted by Crippen LogP contribution is 2.14. The molecule has 6 heteroatoms. The second-order valence-corrected chi connectivity index (χ2v) is 6.01. The molecule has 0 aliphatic carbocycles. The number of H-pyrrole nitrogens is 1. The van der Waals surface area contributed by atoms with Crippen LogP contribution in [0.5, 0.6) is 0 Å². The van der Waals surface area contributed by atoms with Crippen LogP contribution in [0, 0.1) is 3.57 Å². The number of aromatic amines is 1. The second kappa shape index (κ2) is 6.62. The largest absolute Gasteiger partial charge is 0.378 e. The number of hydrogen-bond donors (Lipinski definition) is 1. The average molecular weight is 435 g/mol. The minimum atomic E-state index is -0.118. The van der Waals surface area contributed by atoms with Gasteiger partial charge in [0.25, 0.3) is 5.56 Å². The molecule has 1 aromatic carbocycles. The standard InChI is InChI=1S/C13H12BrIN2O2/c1-19-7-10-12(15)13(18)17-11(16-10)6-8-3-2-4-9(14)5-8/h2-5H,6-7H2,1H3,(H,16,17,18). The number of methoxy groups -OCH3 is 1. The van der Waals surface area contributed by atoms with E-state index in [4.69, 9.17) is 4.74 Å².